The molecule has 1 aromatic carbocycles. The van der Waals surface area contributed by atoms with Gasteiger partial charge in [-0.1, -0.05) is 11.6 Å². The highest BCUT2D eigenvalue weighted by Gasteiger charge is 2.17. The fourth-order valence-electron chi connectivity index (χ4n) is 2.36. The predicted octanol–water partition coefficient (Wildman–Crippen LogP) is -0.0999. The molecule has 0 aliphatic carbocycles. The minimum Gasteiger partial charge on any atom is -0.351 e. The normalized spacial score (nSPS) is 11.8. The van der Waals surface area contributed by atoms with Crippen molar-refractivity contribution in [1.29, 1.82) is 0 Å². The highest BCUT2D eigenvalue weighted by molar-refractivity contribution is 6.31. The van der Waals surface area contributed by atoms with Gasteiger partial charge in [-0.05, 0) is 32.0 Å². The van der Waals surface area contributed by atoms with Crippen LogP contribution in [0.3, 0.4) is 0 Å². The Labute approximate surface area is 151 Å². The van der Waals surface area contributed by atoms with E-state index in [1.807, 2.05) is 13.8 Å². The molecule has 8 nitrogen and oxygen atoms in total. The van der Waals surface area contributed by atoms with Crippen molar-refractivity contribution in [1.82, 2.24) is 20.1 Å². The molecular formula is C16H22ClN6O2+. The van der Waals surface area contributed by atoms with Crippen molar-refractivity contribution in [3.8, 4) is 5.69 Å². The van der Waals surface area contributed by atoms with Crippen LogP contribution in [0.5, 0.6) is 0 Å². The monoisotopic (exact) mass is 365 g/mol. The SMILES string of the molecule is CCNC(=O)C[NH+](CC)CC(=O)Nc1cc(Cl)ccc1-n1cncn1. The summed E-state index contributed by atoms with van der Waals surface area (Å²) in [5.74, 6) is -0.275. The molecule has 134 valence electrons. The number of carbonyl (C=O) groups excluding carboxylic acids is 2. The van der Waals surface area contributed by atoms with Crippen LogP contribution >= 0.6 is 11.6 Å². The number of carbonyl (C=O) groups is 2. The van der Waals surface area contributed by atoms with E-state index in [1.54, 1.807) is 22.9 Å². The molecule has 0 bridgehead atoms. The van der Waals surface area contributed by atoms with Crippen LogP contribution in [-0.2, 0) is 9.59 Å². The molecule has 9 heteroatoms. The third-order valence-corrected chi connectivity index (χ3v) is 3.83. The van der Waals surface area contributed by atoms with Crippen molar-refractivity contribution in [2.75, 3.05) is 31.5 Å². The van der Waals surface area contributed by atoms with E-state index in [4.69, 9.17) is 11.6 Å². The second-order valence-electron chi connectivity index (χ2n) is 5.46. The molecule has 2 aromatic rings. The summed E-state index contributed by atoms with van der Waals surface area (Å²) in [6.45, 7) is 5.46. The maximum absolute atomic E-state index is 12.4. The van der Waals surface area contributed by atoms with E-state index in [0.717, 1.165) is 4.90 Å². The molecular weight excluding hydrogens is 344 g/mol. The smallest absolute Gasteiger partial charge is 0.279 e. The number of aromatic nitrogens is 3. The van der Waals surface area contributed by atoms with E-state index in [0.29, 0.717) is 29.5 Å². The number of nitrogens with zero attached hydrogens (tertiary/aromatic N) is 3. The lowest BCUT2D eigenvalue weighted by molar-refractivity contribution is -0.881. The molecule has 1 aromatic heterocycles. The summed E-state index contributed by atoms with van der Waals surface area (Å²) in [4.78, 5) is 28.9. The van der Waals surface area contributed by atoms with Crippen LogP contribution in [0.2, 0.25) is 5.02 Å². The Kier molecular flexibility index (Phi) is 6.91. The van der Waals surface area contributed by atoms with E-state index in [9.17, 15) is 9.59 Å². The number of rotatable bonds is 8. The topological polar surface area (TPSA) is 93.3 Å². The average molecular weight is 366 g/mol. The Morgan fingerprint density at radius 2 is 2.00 bits per heavy atom. The molecule has 3 N–H and O–H groups in total. The van der Waals surface area contributed by atoms with Crippen molar-refractivity contribution in [3.05, 3.63) is 35.9 Å². The molecule has 1 atom stereocenters. The summed E-state index contributed by atoms with van der Waals surface area (Å²) in [6, 6.07) is 5.13. The zero-order valence-corrected chi connectivity index (χ0v) is 15.0. The van der Waals surface area contributed by atoms with Gasteiger partial charge in [0.05, 0.1) is 17.9 Å². The molecule has 0 spiro atoms. The Bertz CT molecular complexity index is 719. The number of hydrogen-bond donors (Lipinski definition) is 3. The lowest BCUT2D eigenvalue weighted by Crippen LogP contribution is -3.14. The van der Waals surface area contributed by atoms with E-state index in [-0.39, 0.29) is 24.9 Å². The Morgan fingerprint density at radius 3 is 2.64 bits per heavy atom. The maximum Gasteiger partial charge on any atom is 0.279 e. The van der Waals surface area contributed by atoms with Crippen LogP contribution in [0.1, 0.15) is 13.8 Å². The summed E-state index contributed by atoms with van der Waals surface area (Å²) in [6.07, 6.45) is 2.95. The number of amides is 2. The van der Waals surface area contributed by atoms with Crippen LogP contribution < -0.4 is 15.5 Å². The lowest BCUT2D eigenvalue weighted by atomic mass is 10.2. The highest BCUT2D eigenvalue weighted by Crippen LogP contribution is 2.23. The fraction of sp³-hybridized carbons (Fsp3) is 0.375. The van der Waals surface area contributed by atoms with Crippen LogP contribution in [0.25, 0.3) is 5.69 Å². The number of hydrogen-bond acceptors (Lipinski definition) is 4. The largest absolute Gasteiger partial charge is 0.351 e. The standard InChI is InChI=1S/C16H21ClN6O2/c1-3-19-15(24)8-22(4-2)9-16(25)21-13-7-12(17)5-6-14(13)23-11-18-10-20-23/h5-7,10-11H,3-4,8-9H2,1-2H3,(H,19,24)(H,21,25)/p+1. The third-order valence-electron chi connectivity index (χ3n) is 3.59. The van der Waals surface area contributed by atoms with Crippen LogP contribution in [0.15, 0.2) is 30.9 Å². The molecule has 0 aliphatic heterocycles. The quantitative estimate of drug-likeness (QED) is 0.609. The maximum atomic E-state index is 12.4. The highest BCUT2D eigenvalue weighted by atomic mass is 35.5. The van der Waals surface area contributed by atoms with Gasteiger partial charge in [-0.25, -0.2) is 9.67 Å². The number of quaternary nitrogens is 1. The number of halogens is 1. The summed E-state index contributed by atoms with van der Waals surface area (Å²) in [5.41, 5.74) is 1.20. The predicted molar refractivity (Wildman–Crippen MR) is 94.9 cm³/mol. The number of likely N-dealkylation sites (N-methyl/N-ethyl adjacent to an activating group) is 2. The summed E-state index contributed by atoms with van der Waals surface area (Å²) < 4.78 is 1.55. The lowest BCUT2D eigenvalue weighted by Gasteiger charge is -2.17. The minimum atomic E-state index is -0.204. The summed E-state index contributed by atoms with van der Waals surface area (Å²) >= 11 is 6.04. The van der Waals surface area contributed by atoms with Gasteiger partial charge in [0.25, 0.3) is 11.8 Å². The van der Waals surface area contributed by atoms with Gasteiger partial charge in [-0.2, -0.15) is 5.10 Å². The molecule has 0 fully saturated rings. The molecule has 2 rings (SSSR count). The first kappa shape index (κ1) is 18.9. The van der Waals surface area contributed by atoms with E-state index in [2.05, 4.69) is 20.7 Å². The first-order chi connectivity index (χ1) is 12.0. The summed E-state index contributed by atoms with van der Waals surface area (Å²) in [5, 5.41) is 10.2. The van der Waals surface area contributed by atoms with E-state index < -0.39 is 0 Å². The molecule has 1 unspecified atom stereocenters. The first-order valence-corrected chi connectivity index (χ1v) is 8.46. The molecule has 0 radical (unpaired) electrons. The van der Waals surface area contributed by atoms with Crippen LogP contribution in [0.4, 0.5) is 5.69 Å². The molecule has 0 saturated carbocycles. The Balaban J connectivity index is 2.07. The first-order valence-electron chi connectivity index (χ1n) is 8.08. The zero-order chi connectivity index (χ0) is 18.2. The van der Waals surface area contributed by atoms with Crippen molar-refractivity contribution in [2.45, 2.75) is 13.8 Å². The zero-order valence-electron chi connectivity index (χ0n) is 14.3. The van der Waals surface area contributed by atoms with Crippen molar-refractivity contribution >= 4 is 29.1 Å². The second-order valence-corrected chi connectivity index (χ2v) is 5.90. The molecule has 25 heavy (non-hydrogen) atoms. The fourth-order valence-corrected chi connectivity index (χ4v) is 2.53. The van der Waals surface area contributed by atoms with Crippen molar-refractivity contribution < 1.29 is 14.5 Å². The minimum absolute atomic E-state index is 0.0711. The molecule has 0 aliphatic rings. The number of nitrogens with one attached hydrogen (secondary N) is 3. The van der Waals surface area contributed by atoms with Gasteiger partial charge in [0, 0.05) is 11.6 Å². The van der Waals surface area contributed by atoms with Gasteiger partial charge in [0.1, 0.15) is 12.7 Å². The number of anilines is 1. The van der Waals surface area contributed by atoms with Crippen molar-refractivity contribution in [2.24, 2.45) is 0 Å². The van der Waals surface area contributed by atoms with Gasteiger partial charge in [-0.3, -0.25) is 9.59 Å². The molecule has 1 heterocycles. The van der Waals surface area contributed by atoms with Crippen LogP contribution in [0, 0.1) is 0 Å². The average Bonchev–Trinajstić information content (AvgIpc) is 3.08. The van der Waals surface area contributed by atoms with Crippen molar-refractivity contribution in [3.63, 3.8) is 0 Å². The molecule has 2 amide bonds. The second kappa shape index (κ2) is 9.14. The van der Waals surface area contributed by atoms with E-state index in [1.165, 1.54) is 12.7 Å². The van der Waals surface area contributed by atoms with Gasteiger partial charge < -0.3 is 15.5 Å². The van der Waals surface area contributed by atoms with Gasteiger partial charge >= 0.3 is 0 Å². The Morgan fingerprint density at radius 1 is 1.24 bits per heavy atom. The van der Waals surface area contributed by atoms with Gasteiger partial charge in [0.2, 0.25) is 0 Å². The van der Waals surface area contributed by atoms with Gasteiger partial charge in [-0.15, -0.1) is 0 Å². The number of benzene rings is 1. The Hall–Kier alpha value is -2.45. The van der Waals surface area contributed by atoms with Crippen LogP contribution in [-0.4, -0.2) is 52.8 Å². The van der Waals surface area contributed by atoms with E-state index >= 15 is 0 Å². The third kappa shape index (κ3) is 5.54. The van der Waals surface area contributed by atoms with Gasteiger partial charge in [0.15, 0.2) is 13.1 Å². The summed E-state index contributed by atoms with van der Waals surface area (Å²) in [7, 11) is 0. The molecule has 0 saturated heterocycles.